The van der Waals surface area contributed by atoms with Crippen LogP contribution in [0, 0.1) is 22.7 Å². The fraction of sp³-hybridized carbons (Fsp3) is 0.0952. The molecule has 2 N–H and O–H groups in total. The largest absolute Gasteiger partial charge is 0.325 e. The first-order valence-corrected chi connectivity index (χ1v) is 9.48. The molecule has 1 aromatic heterocycles. The Morgan fingerprint density at radius 3 is 2.38 bits per heavy atom. The van der Waals surface area contributed by atoms with Crippen LogP contribution in [-0.2, 0) is 11.2 Å². The van der Waals surface area contributed by atoms with E-state index < -0.39 is 0 Å². The molecule has 8 heteroatoms. The van der Waals surface area contributed by atoms with Gasteiger partial charge in [-0.3, -0.25) is 4.79 Å². The van der Waals surface area contributed by atoms with Gasteiger partial charge in [0.05, 0.1) is 18.6 Å². The number of benzene rings is 2. The van der Waals surface area contributed by atoms with Crippen molar-refractivity contribution in [3.63, 3.8) is 0 Å². The van der Waals surface area contributed by atoms with E-state index in [1.165, 1.54) is 11.8 Å². The molecule has 142 valence electrons. The molecule has 7 nitrogen and oxygen atoms in total. The van der Waals surface area contributed by atoms with Crippen molar-refractivity contribution in [2.24, 2.45) is 0 Å². The average Bonchev–Trinajstić information content (AvgIpc) is 2.72. The number of anilines is 3. The molecule has 0 aliphatic heterocycles. The van der Waals surface area contributed by atoms with E-state index in [0.29, 0.717) is 18.1 Å². The lowest BCUT2D eigenvalue weighted by molar-refractivity contribution is -0.115. The van der Waals surface area contributed by atoms with Crippen molar-refractivity contribution in [2.75, 3.05) is 10.6 Å². The maximum atomic E-state index is 11.5. The summed E-state index contributed by atoms with van der Waals surface area (Å²) in [6.07, 6.45) is 1.89. The molecule has 0 saturated carbocycles. The van der Waals surface area contributed by atoms with Gasteiger partial charge in [0.25, 0.3) is 0 Å². The highest BCUT2D eigenvalue weighted by atomic mass is 32.2. The van der Waals surface area contributed by atoms with Crippen LogP contribution in [-0.4, -0.2) is 15.9 Å². The summed E-state index contributed by atoms with van der Waals surface area (Å²) in [4.78, 5) is 21.1. The van der Waals surface area contributed by atoms with Crippen molar-refractivity contribution >= 4 is 35.0 Å². The highest BCUT2D eigenvalue weighted by Crippen LogP contribution is 2.28. The van der Waals surface area contributed by atoms with E-state index in [-0.39, 0.29) is 12.3 Å². The zero-order chi connectivity index (χ0) is 20.5. The Bertz CT molecular complexity index is 1070. The maximum absolute atomic E-state index is 11.5. The van der Waals surface area contributed by atoms with E-state index in [9.17, 15) is 4.79 Å². The summed E-state index contributed by atoms with van der Waals surface area (Å²) in [6, 6.07) is 20.6. The van der Waals surface area contributed by atoms with Crippen molar-refractivity contribution < 1.29 is 4.79 Å². The summed E-state index contributed by atoms with van der Waals surface area (Å²) in [6.45, 7) is 0. The molecule has 1 heterocycles. The summed E-state index contributed by atoms with van der Waals surface area (Å²) >= 11 is 1.47. The second kappa shape index (κ2) is 9.88. The van der Waals surface area contributed by atoms with Crippen LogP contribution in [0.4, 0.5) is 17.3 Å². The smallest absolute Gasteiger partial charge is 0.238 e. The first kappa shape index (κ1) is 19.9. The van der Waals surface area contributed by atoms with Gasteiger partial charge >= 0.3 is 0 Å². The number of carbonyl (C=O) groups is 1. The minimum atomic E-state index is -0.333. The summed E-state index contributed by atoms with van der Waals surface area (Å²) < 4.78 is 0. The zero-order valence-electron chi connectivity index (χ0n) is 15.3. The number of amides is 1. The molecule has 0 spiro atoms. The lowest BCUT2D eigenvalue weighted by Gasteiger charge is -2.07. The summed E-state index contributed by atoms with van der Waals surface area (Å²) in [5.74, 6) is 0.142. The normalized spacial score (nSPS) is 9.86. The Labute approximate surface area is 172 Å². The number of nitriles is 2. The summed E-state index contributed by atoms with van der Waals surface area (Å²) in [5.41, 5.74) is 2.43. The zero-order valence-corrected chi connectivity index (χ0v) is 16.1. The van der Waals surface area contributed by atoms with E-state index >= 15 is 0 Å². The van der Waals surface area contributed by atoms with Crippen LogP contribution in [0.15, 0.2) is 70.7 Å². The Kier molecular flexibility index (Phi) is 6.77. The number of nitrogens with one attached hydrogen (secondary N) is 2. The number of rotatable bonds is 7. The van der Waals surface area contributed by atoms with Gasteiger partial charge in [-0.25, -0.2) is 9.97 Å². The molecule has 0 fully saturated rings. The standard InChI is InChI=1S/C21H16N6OS/c22-12-9-15-1-3-17(4-2-15)26-21-24-14-11-20(27-21)29-18-7-5-16(6-8-18)25-19(28)10-13-23/h1-8,11,14H,9-10H2,(H,25,28)(H,24,26,27). The first-order chi connectivity index (χ1) is 14.2. The van der Waals surface area contributed by atoms with Gasteiger partial charge in [-0.05, 0) is 48.0 Å². The molecule has 0 saturated heterocycles. The molecule has 0 bridgehead atoms. The third kappa shape index (κ3) is 6.06. The molecule has 0 unspecified atom stereocenters. The second-order valence-electron chi connectivity index (χ2n) is 5.88. The SMILES string of the molecule is N#CCC(=O)Nc1ccc(Sc2ccnc(Nc3ccc(CC#N)cc3)n2)cc1. The van der Waals surface area contributed by atoms with E-state index in [4.69, 9.17) is 10.5 Å². The van der Waals surface area contributed by atoms with Crippen molar-refractivity contribution in [3.8, 4) is 12.1 Å². The molecular weight excluding hydrogens is 384 g/mol. The van der Waals surface area contributed by atoms with Crippen molar-refractivity contribution in [1.29, 1.82) is 10.5 Å². The van der Waals surface area contributed by atoms with Crippen molar-refractivity contribution in [3.05, 3.63) is 66.4 Å². The highest BCUT2D eigenvalue weighted by Gasteiger charge is 2.05. The van der Waals surface area contributed by atoms with E-state index in [1.54, 1.807) is 18.3 Å². The summed E-state index contributed by atoms with van der Waals surface area (Å²) in [7, 11) is 0. The fourth-order valence-electron chi connectivity index (χ4n) is 2.39. The Balaban J connectivity index is 1.63. The topological polar surface area (TPSA) is 114 Å². The highest BCUT2D eigenvalue weighted by molar-refractivity contribution is 7.99. The molecule has 0 aliphatic rings. The Morgan fingerprint density at radius 2 is 1.69 bits per heavy atom. The van der Waals surface area contributed by atoms with Crippen LogP contribution in [0.3, 0.4) is 0 Å². The first-order valence-electron chi connectivity index (χ1n) is 8.67. The number of carbonyl (C=O) groups excluding carboxylic acids is 1. The number of hydrogen-bond donors (Lipinski definition) is 2. The molecule has 3 aromatic rings. The second-order valence-corrected chi connectivity index (χ2v) is 6.98. The molecule has 3 rings (SSSR count). The minimum Gasteiger partial charge on any atom is -0.325 e. The lowest BCUT2D eigenvalue weighted by atomic mass is 10.1. The van der Waals surface area contributed by atoms with Gasteiger partial charge in [-0.1, -0.05) is 23.9 Å². The molecular formula is C21H16N6OS. The number of hydrogen-bond acceptors (Lipinski definition) is 7. The predicted molar refractivity (Wildman–Crippen MR) is 110 cm³/mol. The molecule has 1 amide bonds. The van der Waals surface area contributed by atoms with Crippen LogP contribution < -0.4 is 10.6 Å². The molecule has 0 atom stereocenters. The molecule has 2 aromatic carbocycles. The minimum absolute atomic E-state index is 0.172. The number of nitrogens with zero attached hydrogens (tertiary/aromatic N) is 4. The quantitative estimate of drug-likeness (QED) is 0.569. The predicted octanol–water partition coefficient (Wildman–Crippen LogP) is 4.29. The maximum Gasteiger partial charge on any atom is 0.238 e. The fourth-order valence-corrected chi connectivity index (χ4v) is 3.16. The van der Waals surface area contributed by atoms with Crippen molar-refractivity contribution in [2.45, 2.75) is 22.8 Å². The van der Waals surface area contributed by atoms with Gasteiger partial charge in [0.15, 0.2) is 0 Å². The van der Waals surface area contributed by atoms with Gasteiger partial charge in [-0.15, -0.1) is 0 Å². The lowest BCUT2D eigenvalue weighted by Crippen LogP contribution is -2.09. The Hall–Kier alpha value is -3.88. The van der Waals surface area contributed by atoms with Crippen LogP contribution in [0.2, 0.25) is 0 Å². The van der Waals surface area contributed by atoms with Gasteiger partial charge in [0.2, 0.25) is 11.9 Å². The third-order valence-corrected chi connectivity index (χ3v) is 4.67. The van der Waals surface area contributed by atoms with Crippen LogP contribution in [0.5, 0.6) is 0 Å². The Morgan fingerprint density at radius 1 is 0.966 bits per heavy atom. The molecule has 29 heavy (non-hydrogen) atoms. The third-order valence-electron chi connectivity index (χ3n) is 3.72. The van der Waals surface area contributed by atoms with Crippen LogP contribution >= 0.6 is 11.8 Å². The van der Waals surface area contributed by atoms with Gasteiger partial charge < -0.3 is 10.6 Å². The van der Waals surface area contributed by atoms with Gasteiger partial charge in [0, 0.05) is 22.5 Å². The molecule has 0 radical (unpaired) electrons. The van der Waals surface area contributed by atoms with E-state index in [0.717, 1.165) is 21.2 Å². The number of aromatic nitrogens is 2. The van der Waals surface area contributed by atoms with Gasteiger partial charge in [-0.2, -0.15) is 10.5 Å². The van der Waals surface area contributed by atoms with Crippen molar-refractivity contribution in [1.82, 2.24) is 9.97 Å². The summed E-state index contributed by atoms with van der Waals surface area (Å²) in [5, 5.41) is 23.8. The average molecular weight is 400 g/mol. The monoisotopic (exact) mass is 400 g/mol. The van der Waals surface area contributed by atoms with E-state index in [1.807, 2.05) is 48.5 Å². The van der Waals surface area contributed by atoms with Gasteiger partial charge in [0.1, 0.15) is 11.4 Å². The van der Waals surface area contributed by atoms with Crippen LogP contribution in [0.25, 0.3) is 0 Å². The molecule has 0 aliphatic carbocycles. The van der Waals surface area contributed by atoms with E-state index in [2.05, 4.69) is 26.7 Å². The van der Waals surface area contributed by atoms with Crippen LogP contribution in [0.1, 0.15) is 12.0 Å².